The van der Waals surface area contributed by atoms with E-state index in [0.717, 1.165) is 6.54 Å². The third-order valence-electron chi connectivity index (χ3n) is 2.99. The molecule has 0 atom stereocenters. The van der Waals surface area contributed by atoms with Crippen LogP contribution in [0.1, 0.15) is 27.4 Å². The Morgan fingerprint density at radius 2 is 2.39 bits per heavy atom. The monoisotopic (exact) mass is 256 g/mol. The standard InChI is InChI=1S/C13H12N4S/c14-7-10-4-5-15-13(17-10)16-8-11-6-9-2-1-3-12(9)18-11/h4-6H,1-3,8H2,(H,15,16,17). The van der Waals surface area contributed by atoms with E-state index in [1.807, 2.05) is 17.4 Å². The molecule has 4 nitrogen and oxygen atoms in total. The van der Waals surface area contributed by atoms with Crippen molar-refractivity contribution in [3.8, 4) is 6.07 Å². The van der Waals surface area contributed by atoms with Gasteiger partial charge in [0.1, 0.15) is 11.8 Å². The Labute approximate surface area is 109 Å². The van der Waals surface area contributed by atoms with Crippen LogP contribution >= 0.6 is 11.3 Å². The van der Waals surface area contributed by atoms with Crippen LogP contribution in [0.4, 0.5) is 5.95 Å². The van der Waals surface area contributed by atoms with E-state index in [0.29, 0.717) is 11.6 Å². The molecule has 5 heteroatoms. The first-order chi connectivity index (χ1) is 8.85. The lowest BCUT2D eigenvalue weighted by molar-refractivity contribution is 0.913. The van der Waals surface area contributed by atoms with Gasteiger partial charge in [-0.05, 0) is 37.0 Å². The molecule has 0 saturated heterocycles. The van der Waals surface area contributed by atoms with Crippen molar-refractivity contribution < 1.29 is 0 Å². The van der Waals surface area contributed by atoms with E-state index in [4.69, 9.17) is 5.26 Å². The number of anilines is 1. The molecule has 0 bridgehead atoms. The summed E-state index contributed by atoms with van der Waals surface area (Å²) in [7, 11) is 0. The van der Waals surface area contributed by atoms with Crippen LogP contribution in [-0.2, 0) is 19.4 Å². The number of nitriles is 1. The Balaban J connectivity index is 1.68. The summed E-state index contributed by atoms with van der Waals surface area (Å²) < 4.78 is 0. The van der Waals surface area contributed by atoms with Crippen LogP contribution in [0, 0.1) is 11.3 Å². The highest BCUT2D eigenvalue weighted by Crippen LogP contribution is 2.30. The van der Waals surface area contributed by atoms with Crippen LogP contribution in [-0.4, -0.2) is 9.97 Å². The summed E-state index contributed by atoms with van der Waals surface area (Å²) in [5, 5.41) is 11.9. The van der Waals surface area contributed by atoms with Gasteiger partial charge in [0.05, 0.1) is 6.54 Å². The minimum Gasteiger partial charge on any atom is -0.349 e. The zero-order valence-electron chi connectivity index (χ0n) is 9.81. The number of nitrogens with one attached hydrogen (secondary N) is 1. The molecule has 0 fully saturated rings. The zero-order valence-corrected chi connectivity index (χ0v) is 10.6. The quantitative estimate of drug-likeness (QED) is 0.916. The van der Waals surface area contributed by atoms with Gasteiger partial charge < -0.3 is 5.32 Å². The number of hydrogen-bond acceptors (Lipinski definition) is 5. The van der Waals surface area contributed by atoms with Crippen LogP contribution in [0.5, 0.6) is 0 Å². The number of fused-ring (bicyclic) bond motifs is 1. The number of rotatable bonds is 3. The first-order valence-corrected chi connectivity index (χ1v) is 6.74. The van der Waals surface area contributed by atoms with Crippen molar-refractivity contribution in [1.29, 1.82) is 5.26 Å². The van der Waals surface area contributed by atoms with Gasteiger partial charge in [-0.3, -0.25) is 0 Å². The van der Waals surface area contributed by atoms with Crippen molar-refractivity contribution >= 4 is 17.3 Å². The molecule has 0 aliphatic heterocycles. The minimum atomic E-state index is 0.390. The highest BCUT2D eigenvalue weighted by atomic mass is 32.1. The van der Waals surface area contributed by atoms with Gasteiger partial charge in [-0.15, -0.1) is 11.3 Å². The Bertz CT molecular complexity index is 590. The van der Waals surface area contributed by atoms with E-state index in [-0.39, 0.29) is 0 Å². The van der Waals surface area contributed by atoms with E-state index in [1.165, 1.54) is 34.6 Å². The second-order valence-corrected chi connectivity index (χ2v) is 5.47. The number of hydrogen-bond donors (Lipinski definition) is 1. The molecule has 0 aromatic carbocycles. The molecule has 0 amide bonds. The Kier molecular flexibility index (Phi) is 2.95. The average Bonchev–Trinajstić information content (AvgIpc) is 2.97. The number of thiophene rings is 1. The smallest absolute Gasteiger partial charge is 0.224 e. The third-order valence-corrected chi connectivity index (χ3v) is 4.23. The Morgan fingerprint density at radius 1 is 1.44 bits per heavy atom. The summed E-state index contributed by atoms with van der Waals surface area (Å²) in [6, 6.07) is 5.88. The van der Waals surface area contributed by atoms with E-state index in [2.05, 4.69) is 21.4 Å². The predicted octanol–water partition coefficient (Wildman–Crippen LogP) is 2.51. The van der Waals surface area contributed by atoms with Gasteiger partial charge in [-0.1, -0.05) is 0 Å². The topological polar surface area (TPSA) is 61.6 Å². The van der Waals surface area contributed by atoms with Crippen molar-refractivity contribution in [3.63, 3.8) is 0 Å². The van der Waals surface area contributed by atoms with Gasteiger partial charge in [0, 0.05) is 16.0 Å². The lowest BCUT2D eigenvalue weighted by atomic mass is 10.2. The van der Waals surface area contributed by atoms with Crippen LogP contribution in [0.15, 0.2) is 18.3 Å². The molecule has 0 unspecified atom stereocenters. The van der Waals surface area contributed by atoms with Gasteiger partial charge >= 0.3 is 0 Å². The van der Waals surface area contributed by atoms with Gasteiger partial charge in [0.25, 0.3) is 0 Å². The zero-order chi connectivity index (χ0) is 12.4. The first-order valence-electron chi connectivity index (χ1n) is 5.92. The molecule has 90 valence electrons. The largest absolute Gasteiger partial charge is 0.349 e. The number of aromatic nitrogens is 2. The molecule has 2 aromatic heterocycles. The third kappa shape index (κ3) is 2.20. The molecule has 3 rings (SSSR count). The molecule has 1 aliphatic carbocycles. The predicted molar refractivity (Wildman–Crippen MR) is 70.4 cm³/mol. The van der Waals surface area contributed by atoms with Gasteiger partial charge in [-0.2, -0.15) is 5.26 Å². The second kappa shape index (κ2) is 4.75. The molecule has 0 radical (unpaired) electrons. The van der Waals surface area contributed by atoms with Crippen molar-refractivity contribution in [3.05, 3.63) is 39.3 Å². The molecule has 1 N–H and O–H groups in total. The molecule has 0 saturated carbocycles. The van der Waals surface area contributed by atoms with E-state index in [9.17, 15) is 0 Å². The van der Waals surface area contributed by atoms with Gasteiger partial charge in [-0.25, -0.2) is 9.97 Å². The normalized spacial score (nSPS) is 13.1. The fourth-order valence-electron chi connectivity index (χ4n) is 2.15. The summed E-state index contributed by atoms with van der Waals surface area (Å²) in [4.78, 5) is 11.0. The molecule has 18 heavy (non-hydrogen) atoms. The summed E-state index contributed by atoms with van der Waals surface area (Å²) in [6.45, 7) is 0.729. The van der Waals surface area contributed by atoms with Crippen molar-refractivity contribution in [2.45, 2.75) is 25.8 Å². The minimum absolute atomic E-state index is 0.390. The summed E-state index contributed by atoms with van der Waals surface area (Å²) in [5.74, 6) is 0.516. The van der Waals surface area contributed by atoms with Crippen LogP contribution in [0.25, 0.3) is 0 Å². The summed E-state index contributed by atoms with van der Waals surface area (Å²) in [5.41, 5.74) is 1.89. The maximum Gasteiger partial charge on any atom is 0.224 e. The molecular formula is C13H12N4S. The second-order valence-electron chi connectivity index (χ2n) is 4.25. The van der Waals surface area contributed by atoms with E-state index in [1.54, 1.807) is 12.3 Å². The summed E-state index contributed by atoms with van der Waals surface area (Å²) in [6.07, 6.45) is 5.33. The summed E-state index contributed by atoms with van der Waals surface area (Å²) >= 11 is 1.87. The average molecular weight is 256 g/mol. The van der Waals surface area contributed by atoms with Crippen LogP contribution < -0.4 is 5.32 Å². The molecule has 1 aliphatic rings. The SMILES string of the molecule is N#Cc1ccnc(NCc2cc3c(s2)CCC3)n1. The van der Waals surface area contributed by atoms with Gasteiger partial charge in [0.2, 0.25) is 5.95 Å². The van der Waals surface area contributed by atoms with E-state index < -0.39 is 0 Å². The highest BCUT2D eigenvalue weighted by molar-refractivity contribution is 7.12. The van der Waals surface area contributed by atoms with Crippen molar-refractivity contribution in [1.82, 2.24) is 9.97 Å². The Morgan fingerprint density at radius 3 is 3.22 bits per heavy atom. The van der Waals surface area contributed by atoms with Crippen LogP contribution in [0.3, 0.4) is 0 Å². The van der Waals surface area contributed by atoms with Crippen LogP contribution in [0.2, 0.25) is 0 Å². The fourth-order valence-corrected chi connectivity index (χ4v) is 3.35. The molecule has 2 heterocycles. The first kappa shape index (κ1) is 11.2. The lowest BCUT2D eigenvalue weighted by Gasteiger charge is -2.02. The number of aryl methyl sites for hydroxylation is 2. The molecule has 2 aromatic rings. The highest BCUT2D eigenvalue weighted by Gasteiger charge is 2.14. The fraction of sp³-hybridized carbons (Fsp3) is 0.308. The number of nitrogens with zero attached hydrogens (tertiary/aromatic N) is 3. The van der Waals surface area contributed by atoms with Gasteiger partial charge in [0.15, 0.2) is 0 Å². The Hall–Kier alpha value is -1.93. The molecular weight excluding hydrogens is 244 g/mol. The van der Waals surface area contributed by atoms with Crippen molar-refractivity contribution in [2.24, 2.45) is 0 Å². The maximum absolute atomic E-state index is 8.76. The van der Waals surface area contributed by atoms with E-state index >= 15 is 0 Å². The molecule has 0 spiro atoms. The lowest BCUT2D eigenvalue weighted by Crippen LogP contribution is -2.02. The van der Waals surface area contributed by atoms with Crippen molar-refractivity contribution in [2.75, 3.05) is 5.32 Å². The maximum atomic E-state index is 8.76.